The highest BCUT2D eigenvalue weighted by Gasteiger charge is 2.40. The SMILES string of the molecule is CC(C)CC(C)NC1(C(=O)O)CCCSC1. The molecule has 1 saturated heterocycles. The lowest BCUT2D eigenvalue weighted by atomic mass is 9.93. The Labute approximate surface area is 102 Å². The molecule has 0 bridgehead atoms. The maximum atomic E-state index is 11.4. The summed E-state index contributed by atoms with van der Waals surface area (Å²) >= 11 is 1.75. The molecule has 0 aromatic carbocycles. The number of rotatable bonds is 5. The molecule has 1 fully saturated rings. The molecule has 0 saturated carbocycles. The predicted octanol–water partition coefficient (Wildman–Crippen LogP) is 2.36. The second kappa shape index (κ2) is 5.92. The topological polar surface area (TPSA) is 49.3 Å². The molecular formula is C12H23NO2S. The Morgan fingerprint density at radius 2 is 2.19 bits per heavy atom. The van der Waals surface area contributed by atoms with Crippen LogP contribution in [0.15, 0.2) is 0 Å². The van der Waals surface area contributed by atoms with Crippen LogP contribution in [0.3, 0.4) is 0 Å². The summed E-state index contributed by atoms with van der Waals surface area (Å²) in [6.07, 6.45) is 2.79. The van der Waals surface area contributed by atoms with Gasteiger partial charge in [-0.1, -0.05) is 13.8 Å². The number of carboxylic acid groups (broad SMARTS) is 1. The van der Waals surface area contributed by atoms with Crippen LogP contribution in [0.1, 0.15) is 40.0 Å². The van der Waals surface area contributed by atoms with Crippen LogP contribution in [-0.2, 0) is 4.79 Å². The van der Waals surface area contributed by atoms with E-state index in [1.54, 1.807) is 11.8 Å². The zero-order valence-electron chi connectivity index (χ0n) is 10.5. The largest absolute Gasteiger partial charge is 0.480 e. The summed E-state index contributed by atoms with van der Waals surface area (Å²) in [4.78, 5) is 11.4. The van der Waals surface area contributed by atoms with E-state index in [2.05, 4.69) is 26.1 Å². The molecule has 3 nitrogen and oxygen atoms in total. The second-order valence-corrected chi connectivity index (χ2v) is 6.32. The molecular weight excluding hydrogens is 222 g/mol. The molecule has 1 aliphatic heterocycles. The molecule has 0 aromatic heterocycles. The number of hydrogen-bond donors (Lipinski definition) is 2. The minimum absolute atomic E-state index is 0.273. The van der Waals surface area contributed by atoms with Gasteiger partial charge in [0.05, 0.1) is 0 Å². The van der Waals surface area contributed by atoms with Crippen molar-refractivity contribution < 1.29 is 9.90 Å². The molecule has 1 aliphatic rings. The maximum absolute atomic E-state index is 11.4. The van der Waals surface area contributed by atoms with Crippen LogP contribution in [0.25, 0.3) is 0 Å². The maximum Gasteiger partial charge on any atom is 0.324 e. The highest BCUT2D eigenvalue weighted by Crippen LogP contribution is 2.28. The summed E-state index contributed by atoms with van der Waals surface area (Å²) in [7, 11) is 0. The van der Waals surface area contributed by atoms with Gasteiger partial charge in [-0.15, -0.1) is 0 Å². The van der Waals surface area contributed by atoms with Crippen molar-refractivity contribution in [3.63, 3.8) is 0 Å². The molecule has 2 atom stereocenters. The van der Waals surface area contributed by atoms with Gasteiger partial charge in [-0.25, -0.2) is 0 Å². The average molecular weight is 245 g/mol. The fourth-order valence-corrected chi connectivity index (χ4v) is 3.57. The summed E-state index contributed by atoms with van der Waals surface area (Å²) in [5.74, 6) is 1.71. The Bertz CT molecular complexity index is 237. The highest BCUT2D eigenvalue weighted by atomic mass is 32.2. The number of carbonyl (C=O) groups is 1. The first-order chi connectivity index (χ1) is 7.46. The van der Waals surface area contributed by atoms with E-state index in [0.29, 0.717) is 11.7 Å². The molecule has 0 aromatic rings. The summed E-state index contributed by atoms with van der Waals surface area (Å²) in [6.45, 7) is 6.42. The van der Waals surface area contributed by atoms with E-state index in [9.17, 15) is 9.90 Å². The fourth-order valence-electron chi connectivity index (χ4n) is 2.38. The van der Waals surface area contributed by atoms with Crippen LogP contribution in [0, 0.1) is 5.92 Å². The second-order valence-electron chi connectivity index (χ2n) is 5.22. The summed E-state index contributed by atoms with van der Waals surface area (Å²) < 4.78 is 0. The highest BCUT2D eigenvalue weighted by molar-refractivity contribution is 7.99. The van der Waals surface area contributed by atoms with Crippen LogP contribution in [0.2, 0.25) is 0 Å². The summed E-state index contributed by atoms with van der Waals surface area (Å²) in [6, 6.07) is 0.273. The van der Waals surface area contributed by atoms with Gasteiger partial charge in [-0.2, -0.15) is 11.8 Å². The molecule has 16 heavy (non-hydrogen) atoms. The van der Waals surface area contributed by atoms with Gasteiger partial charge in [-0.3, -0.25) is 10.1 Å². The third kappa shape index (κ3) is 3.67. The monoisotopic (exact) mass is 245 g/mol. The lowest BCUT2D eigenvalue weighted by molar-refractivity contribution is -0.144. The number of hydrogen-bond acceptors (Lipinski definition) is 3. The van der Waals surface area contributed by atoms with Crippen LogP contribution in [-0.4, -0.2) is 34.2 Å². The molecule has 0 radical (unpaired) electrons. The average Bonchev–Trinajstić information content (AvgIpc) is 2.17. The fraction of sp³-hybridized carbons (Fsp3) is 0.917. The van der Waals surface area contributed by atoms with Crippen molar-refractivity contribution >= 4 is 17.7 Å². The number of nitrogens with one attached hydrogen (secondary N) is 1. The Hall–Kier alpha value is -0.220. The Kier molecular flexibility index (Phi) is 5.12. The lowest BCUT2D eigenvalue weighted by Crippen LogP contribution is -2.58. The van der Waals surface area contributed by atoms with Crippen LogP contribution in [0.4, 0.5) is 0 Å². The quantitative estimate of drug-likeness (QED) is 0.780. The van der Waals surface area contributed by atoms with Crippen molar-refractivity contribution in [2.45, 2.75) is 51.6 Å². The third-order valence-electron chi connectivity index (χ3n) is 3.00. The Morgan fingerprint density at radius 1 is 1.50 bits per heavy atom. The van der Waals surface area contributed by atoms with Crippen molar-refractivity contribution in [2.75, 3.05) is 11.5 Å². The lowest BCUT2D eigenvalue weighted by Gasteiger charge is -2.36. The van der Waals surface area contributed by atoms with Gasteiger partial charge in [0.1, 0.15) is 5.54 Å². The van der Waals surface area contributed by atoms with Gasteiger partial charge in [0.25, 0.3) is 0 Å². The molecule has 2 unspecified atom stereocenters. The summed E-state index contributed by atoms with van der Waals surface area (Å²) in [5.41, 5.74) is -0.683. The van der Waals surface area contributed by atoms with E-state index in [1.807, 2.05) is 0 Å². The van der Waals surface area contributed by atoms with Crippen LogP contribution in [0.5, 0.6) is 0 Å². The summed E-state index contributed by atoms with van der Waals surface area (Å²) in [5, 5.41) is 12.7. The normalized spacial score (nSPS) is 28.0. The Balaban J connectivity index is 2.60. The molecule has 0 spiro atoms. The first kappa shape index (κ1) is 13.8. The minimum atomic E-state index is -0.685. The van der Waals surface area contributed by atoms with Crippen molar-refractivity contribution in [3.05, 3.63) is 0 Å². The van der Waals surface area contributed by atoms with E-state index in [-0.39, 0.29) is 6.04 Å². The standard InChI is InChI=1S/C12H23NO2S/c1-9(2)7-10(3)13-12(11(14)15)5-4-6-16-8-12/h9-10,13H,4-8H2,1-3H3,(H,14,15). The van der Waals surface area contributed by atoms with Crippen molar-refractivity contribution in [3.8, 4) is 0 Å². The molecule has 1 heterocycles. The van der Waals surface area contributed by atoms with Gasteiger partial charge in [0.15, 0.2) is 0 Å². The zero-order valence-corrected chi connectivity index (χ0v) is 11.3. The predicted molar refractivity (Wildman–Crippen MR) is 69.0 cm³/mol. The number of thioether (sulfide) groups is 1. The molecule has 94 valence electrons. The number of carboxylic acids is 1. The van der Waals surface area contributed by atoms with Gasteiger partial charge < -0.3 is 5.11 Å². The Morgan fingerprint density at radius 3 is 2.62 bits per heavy atom. The zero-order chi connectivity index (χ0) is 12.2. The molecule has 0 amide bonds. The van der Waals surface area contributed by atoms with E-state index >= 15 is 0 Å². The van der Waals surface area contributed by atoms with E-state index < -0.39 is 11.5 Å². The molecule has 1 rings (SSSR count). The molecule has 0 aliphatic carbocycles. The first-order valence-electron chi connectivity index (χ1n) is 6.05. The van der Waals surface area contributed by atoms with E-state index in [4.69, 9.17) is 0 Å². The van der Waals surface area contributed by atoms with Crippen molar-refractivity contribution in [2.24, 2.45) is 5.92 Å². The molecule has 2 N–H and O–H groups in total. The van der Waals surface area contributed by atoms with Gasteiger partial charge in [0.2, 0.25) is 0 Å². The van der Waals surface area contributed by atoms with Crippen molar-refractivity contribution in [1.29, 1.82) is 0 Å². The van der Waals surface area contributed by atoms with Gasteiger partial charge in [-0.05, 0) is 37.9 Å². The molecule has 4 heteroatoms. The van der Waals surface area contributed by atoms with Gasteiger partial charge in [0, 0.05) is 11.8 Å². The van der Waals surface area contributed by atoms with Gasteiger partial charge >= 0.3 is 5.97 Å². The van der Waals surface area contributed by atoms with Crippen LogP contribution < -0.4 is 5.32 Å². The number of aliphatic carboxylic acids is 1. The third-order valence-corrected chi connectivity index (χ3v) is 4.27. The van der Waals surface area contributed by atoms with Crippen LogP contribution >= 0.6 is 11.8 Å². The van der Waals surface area contributed by atoms with Crippen molar-refractivity contribution in [1.82, 2.24) is 5.32 Å². The minimum Gasteiger partial charge on any atom is -0.480 e. The van der Waals surface area contributed by atoms with E-state index in [1.165, 1.54) is 0 Å². The first-order valence-corrected chi connectivity index (χ1v) is 7.20. The smallest absolute Gasteiger partial charge is 0.324 e. The van der Waals surface area contributed by atoms with E-state index in [0.717, 1.165) is 25.0 Å².